The summed E-state index contributed by atoms with van der Waals surface area (Å²) in [5.74, 6) is 0.148. The number of nitrogens with one attached hydrogen (secondary N) is 1. The highest BCUT2D eigenvalue weighted by molar-refractivity contribution is 5.80. The van der Waals surface area contributed by atoms with Gasteiger partial charge in [-0.05, 0) is 33.7 Å². The molecule has 0 radical (unpaired) electrons. The van der Waals surface area contributed by atoms with Crippen LogP contribution in [0.5, 0.6) is 0 Å². The Kier molecular flexibility index (Phi) is 6.52. The van der Waals surface area contributed by atoms with Gasteiger partial charge in [0.15, 0.2) is 0 Å². The monoisotopic (exact) mass is 242 g/mol. The molecule has 2 atom stereocenters. The van der Waals surface area contributed by atoms with E-state index < -0.39 is 0 Å². The van der Waals surface area contributed by atoms with Gasteiger partial charge in [-0.15, -0.1) is 0 Å². The van der Waals surface area contributed by atoms with E-state index in [-0.39, 0.29) is 18.1 Å². The molecule has 0 aromatic rings. The molecule has 1 heterocycles. The maximum atomic E-state index is 12.2. The lowest BCUT2D eigenvalue weighted by atomic mass is 10.2. The molecular formula is C13H26N2O2. The molecule has 1 rings (SSSR count). The molecular weight excluding hydrogens is 216 g/mol. The zero-order chi connectivity index (χ0) is 12.7. The van der Waals surface area contributed by atoms with E-state index in [1.165, 1.54) is 12.8 Å². The summed E-state index contributed by atoms with van der Waals surface area (Å²) in [5.41, 5.74) is 0. The zero-order valence-electron chi connectivity index (χ0n) is 11.4. The van der Waals surface area contributed by atoms with Crippen LogP contribution in [0.2, 0.25) is 0 Å². The summed E-state index contributed by atoms with van der Waals surface area (Å²) in [7, 11) is 1.89. The number of nitrogens with zero attached hydrogens (tertiary/aromatic N) is 1. The van der Waals surface area contributed by atoms with E-state index in [1.54, 1.807) is 0 Å². The Balaban J connectivity index is 2.38. The number of rotatable bonds is 5. The Morgan fingerprint density at radius 3 is 2.35 bits per heavy atom. The van der Waals surface area contributed by atoms with Crippen LogP contribution in [0.4, 0.5) is 0 Å². The minimum atomic E-state index is -0.323. The second-order valence-corrected chi connectivity index (χ2v) is 4.89. The lowest BCUT2D eigenvalue weighted by Gasteiger charge is -2.26. The van der Waals surface area contributed by atoms with E-state index >= 15 is 0 Å². The lowest BCUT2D eigenvalue weighted by Crippen LogP contribution is -2.41. The van der Waals surface area contributed by atoms with Crippen LogP contribution in [0.3, 0.4) is 0 Å². The predicted molar refractivity (Wildman–Crippen MR) is 69.0 cm³/mol. The van der Waals surface area contributed by atoms with Crippen molar-refractivity contribution < 1.29 is 9.53 Å². The number of ether oxygens (including phenoxy) is 1. The van der Waals surface area contributed by atoms with E-state index in [0.29, 0.717) is 0 Å². The van der Waals surface area contributed by atoms with Crippen molar-refractivity contribution in [1.82, 2.24) is 10.2 Å². The minimum absolute atomic E-state index is 0.0749. The Morgan fingerprint density at radius 2 is 1.82 bits per heavy atom. The highest BCUT2D eigenvalue weighted by Gasteiger charge is 2.23. The van der Waals surface area contributed by atoms with Crippen LogP contribution in [-0.2, 0) is 9.53 Å². The first-order valence-corrected chi connectivity index (χ1v) is 6.74. The van der Waals surface area contributed by atoms with E-state index in [1.807, 2.05) is 25.8 Å². The predicted octanol–water partition coefficient (Wildman–Crippen LogP) is 1.40. The molecule has 1 fully saturated rings. The zero-order valence-corrected chi connectivity index (χ0v) is 11.4. The van der Waals surface area contributed by atoms with Gasteiger partial charge in [-0.1, -0.05) is 12.8 Å². The number of carbonyl (C=O) groups is 1. The molecule has 4 nitrogen and oxygen atoms in total. The lowest BCUT2D eigenvalue weighted by molar-refractivity contribution is -0.145. The van der Waals surface area contributed by atoms with Gasteiger partial charge < -0.3 is 15.0 Å². The highest BCUT2D eigenvalue weighted by Crippen LogP contribution is 2.12. The second kappa shape index (κ2) is 7.67. The van der Waals surface area contributed by atoms with Crippen molar-refractivity contribution in [1.29, 1.82) is 0 Å². The van der Waals surface area contributed by atoms with Gasteiger partial charge in [-0.25, -0.2) is 0 Å². The first kappa shape index (κ1) is 14.5. The van der Waals surface area contributed by atoms with E-state index in [0.717, 1.165) is 32.5 Å². The van der Waals surface area contributed by atoms with Crippen molar-refractivity contribution in [2.45, 2.75) is 51.7 Å². The molecule has 2 unspecified atom stereocenters. The summed E-state index contributed by atoms with van der Waals surface area (Å²) in [4.78, 5) is 14.1. The second-order valence-electron chi connectivity index (χ2n) is 4.89. The van der Waals surface area contributed by atoms with E-state index in [2.05, 4.69) is 5.32 Å². The number of likely N-dealkylation sites (N-methyl/N-ethyl adjacent to an activating group) is 1. The van der Waals surface area contributed by atoms with Gasteiger partial charge in [0.2, 0.25) is 0 Å². The van der Waals surface area contributed by atoms with Crippen LogP contribution in [0, 0.1) is 0 Å². The molecule has 0 aromatic carbocycles. The van der Waals surface area contributed by atoms with Gasteiger partial charge in [0.05, 0.1) is 6.10 Å². The fraction of sp³-hybridized carbons (Fsp3) is 0.923. The molecule has 100 valence electrons. The van der Waals surface area contributed by atoms with Gasteiger partial charge in [-0.2, -0.15) is 0 Å². The average Bonchev–Trinajstić information content (AvgIpc) is 2.56. The number of hydrogen-bond acceptors (Lipinski definition) is 3. The van der Waals surface area contributed by atoms with Crippen LogP contribution >= 0.6 is 0 Å². The van der Waals surface area contributed by atoms with E-state index in [9.17, 15) is 4.79 Å². The van der Waals surface area contributed by atoms with Crippen molar-refractivity contribution >= 4 is 5.91 Å². The highest BCUT2D eigenvalue weighted by atomic mass is 16.5. The smallest absolute Gasteiger partial charge is 0.251 e. The molecule has 17 heavy (non-hydrogen) atoms. The molecule has 0 aromatic heterocycles. The summed E-state index contributed by atoms with van der Waals surface area (Å²) in [6.07, 6.45) is 4.50. The first-order valence-electron chi connectivity index (χ1n) is 6.74. The number of hydrogen-bond donors (Lipinski definition) is 1. The summed E-state index contributed by atoms with van der Waals surface area (Å²) in [5, 5.41) is 3.05. The minimum Gasteiger partial charge on any atom is -0.364 e. The third-order valence-electron chi connectivity index (χ3n) is 3.19. The van der Waals surface area contributed by atoms with Crippen molar-refractivity contribution in [2.75, 3.05) is 26.7 Å². The summed E-state index contributed by atoms with van der Waals surface area (Å²) in [6.45, 7) is 6.42. The fourth-order valence-corrected chi connectivity index (χ4v) is 2.29. The summed E-state index contributed by atoms with van der Waals surface area (Å²) in [6, 6.07) is 0. The van der Waals surface area contributed by atoms with Gasteiger partial charge in [-0.3, -0.25) is 4.79 Å². The number of carbonyl (C=O) groups excluding carboxylic acids is 1. The van der Waals surface area contributed by atoms with E-state index in [4.69, 9.17) is 4.74 Å². The largest absolute Gasteiger partial charge is 0.364 e. The van der Waals surface area contributed by atoms with Crippen LogP contribution < -0.4 is 5.32 Å². The normalized spacial score (nSPS) is 20.8. The van der Waals surface area contributed by atoms with Crippen molar-refractivity contribution in [3.05, 3.63) is 0 Å². The standard InChI is InChI=1S/C13H26N2O2/c1-11(10-14-3)17-12(2)13(16)15-8-6-4-5-7-9-15/h11-12,14H,4-10H2,1-3H3. The molecule has 1 amide bonds. The Bertz CT molecular complexity index is 225. The first-order chi connectivity index (χ1) is 8.15. The van der Waals surface area contributed by atoms with Crippen LogP contribution in [0.15, 0.2) is 0 Å². The Labute approximate surface area is 105 Å². The maximum Gasteiger partial charge on any atom is 0.251 e. The van der Waals surface area contributed by atoms with Gasteiger partial charge >= 0.3 is 0 Å². The fourth-order valence-electron chi connectivity index (χ4n) is 2.29. The molecule has 1 aliphatic heterocycles. The van der Waals surface area contributed by atoms with Gasteiger partial charge in [0, 0.05) is 19.6 Å². The average molecular weight is 242 g/mol. The molecule has 0 bridgehead atoms. The SMILES string of the molecule is CNCC(C)OC(C)C(=O)N1CCCCCC1. The Morgan fingerprint density at radius 1 is 1.24 bits per heavy atom. The van der Waals surface area contributed by atoms with Crippen molar-refractivity contribution in [3.8, 4) is 0 Å². The topological polar surface area (TPSA) is 41.6 Å². The molecule has 0 saturated carbocycles. The molecule has 0 aliphatic carbocycles. The van der Waals surface area contributed by atoms with Gasteiger partial charge in [0.25, 0.3) is 5.91 Å². The van der Waals surface area contributed by atoms with Crippen LogP contribution in [0.25, 0.3) is 0 Å². The summed E-state index contributed by atoms with van der Waals surface area (Å²) < 4.78 is 5.69. The quantitative estimate of drug-likeness (QED) is 0.792. The van der Waals surface area contributed by atoms with Crippen molar-refractivity contribution in [2.24, 2.45) is 0 Å². The third kappa shape index (κ3) is 5.04. The van der Waals surface area contributed by atoms with Gasteiger partial charge in [0.1, 0.15) is 6.10 Å². The van der Waals surface area contributed by atoms with Crippen LogP contribution in [0.1, 0.15) is 39.5 Å². The molecule has 1 aliphatic rings. The molecule has 1 N–H and O–H groups in total. The molecule has 4 heteroatoms. The number of amides is 1. The van der Waals surface area contributed by atoms with Crippen molar-refractivity contribution in [3.63, 3.8) is 0 Å². The third-order valence-corrected chi connectivity index (χ3v) is 3.19. The summed E-state index contributed by atoms with van der Waals surface area (Å²) >= 11 is 0. The molecule has 0 spiro atoms. The molecule has 1 saturated heterocycles. The van der Waals surface area contributed by atoms with Crippen LogP contribution in [-0.4, -0.2) is 49.7 Å². The Hall–Kier alpha value is -0.610. The maximum absolute atomic E-state index is 12.2. The number of likely N-dealkylation sites (tertiary alicyclic amines) is 1.